The molecule has 0 aliphatic carbocycles. The lowest BCUT2D eigenvalue weighted by Crippen LogP contribution is -2.53. The van der Waals surface area contributed by atoms with Crippen LogP contribution in [0.15, 0.2) is 34.3 Å². The molecule has 0 unspecified atom stereocenters. The number of benzene rings is 1. The minimum atomic E-state index is -0.715. The SMILES string of the molecule is CC1(C)N=C(N)N=C(N)N1OC/C=C/c1ccc(Cl)c(Cl)c1. The highest BCUT2D eigenvalue weighted by atomic mass is 35.5. The Hall–Kier alpha value is -1.76. The zero-order valence-electron chi connectivity index (χ0n) is 12.3. The van der Waals surface area contributed by atoms with Crippen molar-refractivity contribution in [3.63, 3.8) is 0 Å². The second kappa shape index (κ2) is 6.56. The normalized spacial score (nSPS) is 17.5. The summed E-state index contributed by atoms with van der Waals surface area (Å²) in [6, 6.07) is 5.36. The molecule has 0 aromatic heterocycles. The van der Waals surface area contributed by atoms with E-state index in [4.69, 9.17) is 39.5 Å². The van der Waals surface area contributed by atoms with Crippen LogP contribution in [0.1, 0.15) is 19.4 Å². The molecule has 4 N–H and O–H groups in total. The third-order valence-electron chi connectivity index (χ3n) is 2.88. The molecule has 2 rings (SSSR count). The van der Waals surface area contributed by atoms with Crippen LogP contribution in [0.4, 0.5) is 0 Å². The minimum absolute atomic E-state index is 0.133. The maximum absolute atomic E-state index is 5.95. The summed E-state index contributed by atoms with van der Waals surface area (Å²) in [7, 11) is 0. The van der Waals surface area contributed by atoms with Crippen LogP contribution in [-0.2, 0) is 4.84 Å². The highest BCUT2D eigenvalue weighted by molar-refractivity contribution is 6.42. The minimum Gasteiger partial charge on any atom is -0.368 e. The van der Waals surface area contributed by atoms with Crippen molar-refractivity contribution in [3.8, 4) is 0 Å². The topological polar surface area (TPSA) is 89.2 Å². The van der Waals surface area contributed by atoms with Gasteiger partial charge in [-0.3, -0.25) is 4.84 Å². The van der Waals surface area contributed by atoms with Crippen molar-refractivity contribution < 1.29 is 4.84 Å². The summed E-state index contributed by atoms with van der Waals surface area (Å²) in [5.74, 6) is 0.300. The van der Waals surface area contributed by atoms with Crippen molar-refractivity contribution in [3.05, 3.63) is 39.9 Å². The maximum atomic E-state index is 5.95. The summed E-state index contributed by atoms with van der Waals surface area (Å²) in [5.41, 5.74) is 11.6. The third kappa shape index (κ3) is 3.91. The zero-order valence-corrected chi connectivity index (χ0v) is 13.8. The van der Waals surface area contributed by atoms with Gasteiger partial charge >= 0.3 is 0 Å². The van der Waals surface area contributed by atoms with Gasteiger partial charge in [0.15, 0.2) is 5.66 Å². The lowest BCUT2D eigenvalue weighted by Gasteiger charge is -2.36. The first-order valence-electron chi connectivity index (χ1n) is 6.54. The molecule has 0 atom stereocenters. The first-order chi connectivity index (χ1) is 10.3. The molecule has 0 amide bonds. The Balaban J connectivity index is 1.97. The third-order valence-corrected chi connectivity index (χ3v) is 3.62. The van der Waals surface area contributed by atoms with Gasteiger partial charge in [-0.05, 0) is 31.5 Å². The van der Waals surface area contributed by atoms with Crippen LogP contribution < -0.4 is 11.5 Å². The molecule has 6 nitrogen and oxygen atoms in total. The zero-order chi connectivity index (χ0) is 16.3. The predicted octanol–water partition coefficient (Wildman–Crippen LogP) is 2.62. The molecule has 118 valence electrons. The fourth-order valence-corrected chi connectivity index (χ4v) is 2.24. The van der Waals surface area contributed by atoms with Crippen molar-refractivity contribution in [1.82, 2.24) is 5.06 Å². The van der Waals surface area contributed by atoms with E-state index in [-0.39, 0.29) is 18.5 Å². The molecule has 0 spiro atoms. The first kappa shape index (κ1) is 16.6. The summed E-state index contributed by atoms with van der Waals surface area (Å²) in [6.45, 7) is 3.93. The molecule has 0 saturated heterocycles. The number of halogens is 2. The number of guanidine groups is 2. The molecule has 0 bridgehead atoms. The van der Waals surface area contributed by atoms with E-state index in [1.165, 1.54) is 5.06 Å². The Morgan fingerprint density at radius 1 is 1.27 bits per heavy atom. The fraction of sp³-hybridized carbons (Fsp3) is 0.286. The number of nitrogens with two attached hydrogens (primary N) is 2. The molecular weight excluding hydrogens is 325 g/mol. The van der Waals surface area contributed by atoms with Crippen LogP contribution in [0.3, 0.4) is 0 Å². The van der Waals surface area contributed by atoms with Crippen molar-refractivity contribution in [2.75, 3.05) is 6.61 Å². The number of hydroxylamine groups is 2. The highest BCUT2D eigenvalue weighted by Gasteiger charge is 2.32. The Kier molecular flexibility index (Phi) is 4.95. The standard InChI is InChI=1S/C14H17Cl2N5O/c1-14(2)20-12(17)19-13(18)21(14)22-7-3-4-9-5-6-10(15)11(16)8-9/h3-6,8H,7H2,1-2H3,(H4,17,18,19,20)/b4-3+. The first-order valence-corrected chi connectivity index (χ1v) is 7.29. The van der Waals surface area contributed by atoms with Gasteiger partial charge in [-0.1, -0.05) is 41.4 Å². The predicted molar refractivity (Wildman–Crippen MR) is 90.6 cm³/mol. The summed E-state index contributed by atoms with van der Waals surface area (Å²) >= 11 is 11.8. The fourth-order valence-electron chi connectivity index (χ4n) is 1.94. The average molecular weight is 342 g/mol. The van der Waals surface area contributed by atoms with Crippen LogP contribution >= 0.6 is 23.2 Å². The second-order valence-electron chi connectivity index (χ2n) is 5.10. The Bertz CT molecular complexity index is 655. The van der Waals surface area contributed by atoms with E-state index in [0.29, 0.717) is 10.0 Å². The summed E-state index contributed by atoms with van der Waals surface area (Å²) in [5, 5.41) is 2.44. The number of hydrogen-bond donors (Lipinski definition) is 2. The van der Waals surface area contributed by atoms with Gasteiger partial charge in [-0.25, -0.2) is 4.99 Å². The van der Waals surface area contributed by atoms with Crippen molar-refractivity contribution in [2.24, 2.45) is 21.5 Å². The van der Waals surface area contributed by atoms with Crippen LogP contribution in [0.2, 0.25) is 10.0 Å². The monoisotopic (exact) mass is 341 g/mol. The van der Waals surface area contributed by atoms with Gasteiger partial charge in [-0.2, -0.15) is 10.1 Å². The van der Waals surface area contributed by atoms with Crippen LogP contribution in [0.5, 0.6) is 0 Å². The van der Waals surface area contributed by atoms with E-state index >= 15 is 0 Å². The van der Waals surface area contributed by atoms with E-state index in [1.54, 1.807) is 12.1 Å². The summed E-state index contributed by atoms with van der Waals surface area (Å²) < 4.78 is 0. The number of nitrogens with zero attached hydrogens (tertiary/aromatic N) is 3. The largest absolute Gasteiger partial charge is 0.368 e. The van der Waals surface area contributed by atoms with Gasteiger partial charge in [0.25, 0.3) is 0 Å². The van der Waals surface area contributed by atoms with E-state index in [9.17, 15) is 0 Å². The second-order valence-corrected chi connectivity index (χ2v) is 5.91. The van der Waals surface area contributed by atoms with Crippen molar-refractivity contribution in [1.29, 1.82) is 0 Å². The number of aliphatic imine (C=N–C) groups is 2. The molecule has 0 fully saturated rings. The molecule has 8 heteroatoms. The molecule has 0 radical (unpaired) electrons. The summed E-state index contributed by atoms with van der Waals surface area (Å²) in [6.07, 6.45) is 3.69. The quantitative estimate of drug-likeness (QED) is 0.880. The van der Waals surface area contributed by atoms with Crippen molar-refractivity contribution in [2.45, 2.75) is 19.5 Å². The molecule has 22 heavy (non-hydrogen) atoms. The molecule has 1 aromatic carbocycles. The molecular formula is C14H17Cl2N5O. The van der Waals surface area contributed by atoms with Gasteiger partial charge in [0.1, 0.15) is 0 Å². The average Bonchev–Trinajstić information content (AvgIpc) is 2.40. The van der Waals surface area contributed by atoms with E-state index in [0.717, 1.165) is 5.56 Å². The Morgan fingerprint density at radius 2 is 2.00 bits per heavy atom. The molecule has 1 aromatic rings. The van der Waals surface area contributed by atoms with Gasteiger partial charge in [-0.15, -0.1) is 0 Å². The van der Waals surface area contributed by atoms with Gasteiger partial charge in [0.2, 0.25) is 11.9 Å². The van der Waals surface area contributed by atoms with Gasteiger partial charge in [0.05, 0.1) is 16.7 Å². The Morgan fingerprint density at radius 3 is 2.64 bits per heavy atom. The lowest BCUT2D eigenvalue weighted by molar-refractivity contribution is -0.146. The number of rotatable bonds is 4. The van der Waals surface area contributed by atoms with Gasteiger partial charge < -0.3 is 11.5 Å². The van der Waals surface area contributed by atoms with Crippen molar-refractivity contribution >= 4 is 41.2 Å². The van der Waals surface area contributed by atoms with Crippen LogP contribution in [0.25, 0.3) is 6.08 Å². The molecule has 0 saturated carbocycles. The maximum Gasteiger partial charge on any atom is 0.226 e. The van der Waals surface area contributed by atoms with E-state index in [1.807, 2.05) is 32.1 Å². The van der Waals surface area contributed by atoms with Crippen LogP contribution in [0, 0.1) is 0 Å². The van der Waals surface area contributed by atoms with Gasteiger partial charge in [0, 0.05) is 0 Å². The van der Waals surface area contributed by atoms with E-state index < -0.39 is 5.66 Å². The lowest BCUT2D eigenvalue weighted by atomic mass is 10.2. The highest BCUT2D eigenvalue weighted by Crippen LogP contribution is 2.23. The molecule has 1 heterocycles. The van der Waals surface area contributed by atoms with E-state index in [2.05, 4.69) is 9.98 Å². The smallest absolute Gasteiger partial charge is 0.226 e. The molecule has 1 aliphatic heterocycles. The van der Waals surface area contributed by atoms with Crippen LogP contribution in [-0.4, -0.2) is 29.3 Å². The molecule has 1 aliphatic rings. The Labute approximate surface area is 139 Å². The summed E-state index contributed by atoms with van der Waals surface area (Å²) in [4.78, 5) is 13.7. The number of hydrogen-bond acceptors (Lipinski definition) is 6.